The van der Waals surface area contributed by atoms with Gasteiger partial charge in [-0.2, -0.15) is 0 Å². The molecule has 108 valence electrons. The maximum absolute atomic E-state index is 4.32. The average molecular weight is 300 g/mol. The second-order valence-corrected chi connectivity index (χ2v) is 7.65. The minimum Gasteiger partial charge on any atom is -0.353 e. The van der Waals surface area contributed by atoms with E-state index in [4.69, 9.17) is 0 Å². The van der Waals surface area contributed by atoms with Gasteiger partial charge in [-0.1, -0.05) is 49.3 Å². The Labute approximate surface area is 124 Å². The van der Waals surface area contributed by atoms with Gasteiger partial charge in [0.2, 0.25) is 5.13 Å². The van der Waals surface area contributed by atoms with Gasteiger partial charge in [-0.05, 0) is 19.4 Å². The standard InChI is InChI=1S/C13H24N4S2/c1-4-14-10-8-6-5-7-9-11(10)18-13-16-15-12(19-13)17(2)3/h10-11,14H,4-9H2,1-3H3. The van der Waals surface area contributed by atoms with Gasteiger partial charge in [0, 0.05) is 25.4 Å². The Morgan fingerprint density at radius 1 is 1.26 bits per heavy atom. The van der Waals surface area contributed by atoms with Crippen LogP contribution in [0.25, 0.3) is 0 Å². The monoisotopic (exact) mass is 300 g/mol. The van der Waals surface area contributed by atoms with E-state index in [0.717, 1.165) is 16.0 Å². The van der Waals surface area contributed by atoms with Crippen molar-refractivity contribution in [3.05, 3.63) is 0 Å². The molecular formula is C13H24N4S2. The van der Waals surface area contributed by atoms with Crippen molar-refractivity contribution < 1.29 is 0 Å². The van der Waals surface area contributed by atoms with E-state index in [1.165, 1.54) is 32.1 Å². The summed E-state index contributed by atoms with van der Waals surface area (Å²) >= 11 is 3.62. The Hall–Kier alpha value is -0.330. The number of anilines is 1. The van der Waals surface area contributed by atoms with Crippen LogP contribution < -0.4 is 10.2 Å². The lowest BCUT2D eigenvalue weighted by Crippen LogP contribution is -2.37. The van der Waals surface area contributed by atoms with Gasteiger partial charge in [-0.25, -0.2) is 0 Å². The van der Waals surface area contributed by atoms with Crippen LogP contribution in [0.15, 0.2) is 4.34 Å². The summed E-state index contributed by atoms with van der Waals surface area (Å²) < 4.78 is 1.11. The largest absolute Gasteiger partial charge is 0.353 e. The third-order valence-corrected chi connectivity index (χ3v) is 6.02. The minimum absolute atomic E-state index is 0.629. The van der Waals surface area contributed by atoms with Crippen molar-refractivity contribution in [1.82, 2.24) is 15.5 Å². The van der Waals surface area contributed by atoms with Crippen molar-refractivity contribution >= 4 is 28.2 Å². The van der Waals surface area contributed by atoms with Gasteiger partial charge in [-0.15, -0.1) is 10.2 Å². The van der Waals surface area contributed by atoms with Gasteiger partial charge >= 0.3 is 0 Å². The van der Waals surface area contributed by atoms with E-state index in [-0.39, 0.29) is 0 Å². The lowest BCUT2D eigenvalue weighted by Gasteiger charge is -2.24. The molecule has 1 fully saturated rings. The lowest BCUT2D eigenvalue weighted by molar-refractivity contribution is 0.482. The summed E-state index contributed by atoms with van der Waals surface area (Å²) in [5.74, 6) is 0. The molecule has 6 heteroatoms. The Kier molecular flexibility index (Phi) is 5.91. The fraction of sp³-hybridized carbons (Fsp3) is 0.846. The first-order valence-corrected chi connectivity index (χ1v) is 8.81. The van der Waals surface area contributed by atoms with Crippen LogP contribution in [-0.2, 0) is 0 Å². The van der Waals surface area contributed by atoms with Gasteiger partial charge in [0.1, 0.15) is 0 Å². The van der Waals surface area contributed by atoms with Gasteiger partial charge < -0.3 is 10.2 Å². The molecule has 2 atom stereocenters. The number of hydrogen-bond donors (Lipinski definition) is 1. The molecule has 1 aromatic rings. The molecule has 0 spiro atoms. The molecule has 1 N–H and O–H groups in total. The highest BCUT2D eigenvalue weighted by molar-refractivity contribution is 8.01. The zero-order chi connectivity index (χ0) is 13.7. The Bertz CT molecular complexity index is 380. The Morgan fingerprint density at radius 2 is 2.05 bits per heavy atom. The number of nitrogens with one attached hydrogen (secondary N) is 1. The van der Waals surface area contributed by atoms with Crippen LogP contribution >= 0.6 is 23.1 Å². The first-order valence-electron chi connectivity index (χ1n) is 7.11. The first kappa shape index (κ1) is 15.1. The Morgan fingerprint density at radius 3 is 2.74 bits per heavy atom. The van der Waals surface area contributed by atoms with E-state index in [1.54, 1.807) is 11.3 Å². The second-order valence-electron chi connectivity index (χ2n) is 5.20. The predicted octanol–water partition coefficient (Wildman–Crippen LogP) is 3.01. The van der Waals surface area contributed by atoms with Crippen molar-refractivity contribution in [2.24, 2.45) is 0 Å². The number of aromatic nitrogens is 2. The number of thioether (sulfide) groups is 1. The van der Waals surface area contributed by atoms with E-state index < -0.39 is 0 Å². The highest BCUT2D eigenvalue weighted by Gasteiger charge is 2.25. The molecule has 1 aliphatic rings. The number of hydrogen-bond acceptors (Lipinski definition) is 6. The van der Waals surface area contributed by atoms with Crippen LogP contribution in [0.4, 0.5) is 5.13 Å². The van der Waals surface area contributed by atoms with Gasteiger partial charge in [0.25, 0.3) is 0 Å². The minimum atomic E-state index is 0.629. The molecule has 19 heavy (non-hydrogen) atoms. The van der Waals surface area contributed by atoms with Crippen molar-refractivity contribution in [2.45, 2.75) is 54.7 Å². The zero-order valence-corrected chi connectivity index (χ0v) is 13.7. The summed E-state index contributed by atoms with van der Waals surface area (Å²) in [7, 11) is 4.03. The average Bonchev–Trinajstić information content (AvgIpc) is 2.74. The topological polar surface area (TPSA) is 41.1 Å². The predicted molar refractivity (Wildman–Crippen MR) is 84.4 cm³/mol. The summed E-state index contributed by atoms with van der Waals surface area (Å²) in [6.45, 7) is 3.25. The molecule has 0 amide bonds. The van der Waals surface area contributed by atoms with Gasteiger partial charge in [-0.3, -0.25) is 0 Å². The third kappa shape index (κ3) is 4.33. The molecule has 1 saturated carbocycles. The summed E-state index contributed by atoms with van der Waals surface area (Å²) in [4.78, 5) is 2.02. The third-order valence-electron chi connectivity index (χ3n) is 3.45. The van der Waals surface area contributed by atoms with Crippen LogP contribution in [-0.4, -0.2) is 42.1 Å². The van der Waals surface area contributed by atoms with E-state index in [9.17, 15) is 0 Å². The zero-order valence-electron chi connectivity index (χ0n) is 12.1. The molecule has 1 aliphatic carbocycles. The van der Waals surface area contributed by atoms with E-state index in [1.807, 2.05) is 30.8 Å². The molecule has 0 radical (unpaired) electrons. The normalized spacial score (nSPS) is 24.2. The molecular weight excluding hydrogens is 276 g/mol. The van der Waals surface area contributed by atoms with Crippen molar-refractivity contribution in [3.63, 3.8) is 0 Å². The fourth-order valence-corrected chi connectivity index (χ4v) is 4.79. The molecule has 0 aliphatic heterocycles. The molecule has 4 nitrogen and oxygen atoms in total. The van der Waals surface area contributed by atoms with Crippen LogP contribution in [0, 0.1) is 0 Å². The molecule has 1 aromatic heterocycles. The second kappa shape index (κ2) is 7.45. The molecule has 2 unspecified atom stereocenters. The van der Waals surface area contributed by atoms with Crippen LogP contribution in [0.1, 0.15) is 39.0 Å². The van der Waals surface area contributed by atoms with Crippen molar-refractivity contribution in [3.8, 4) is 0 Å². The summed E-state index contributed by atoms with van der Waals surface area (Å²) in [6, 6.07) is 0.629. The summed E-state index contributed by atoms with van der Waals surface area (Å²) in [5, 5.41) is 13.8. The molecule has 0 saturated heterocycles. The summed E-state index contributed by atoms with van der Waals surface area (Å²) in [5.41, 5.74) is 0. The van der Waals surface area contributed by atoms with E-state index in [0.29, 0.717) is 11.3 Å². The summed E-state index contributed by atoms with van der Waals surface area (Å²) in [6.07, 6.45) is 6.66. The number of rotatable bonds is 5. The van der Waals surface area contributed by atoms with Crippen molar-refractivity contribution in [1.29, 1.82) is 0 Å². The molecule has 1 heterocycles. The molecule has 0 bridgehead atoms. The maximum Gasteiger partial charge on any atom is 0.208 e. The first-order chi connectivity index (χ1) is 9.20. The van der Waals surface area contributed by atoms with Crippen LogP contribution in [0.5, 0.6) is 0 Å². The fourth-order valence-electron chi connectivity index (χ4n) is 2.47. The van der Waals surface area contributed by atoms with E-state index in [2.05, 4.69) is 22.4 Å². The van der Waals surface area contributed by atoms with Crippen LogP contribution in [0.2, 0.25) is 0 Å². The highest BCUT2D eigenvalue weighted by atomic mass is 32.2. The molecule has 0 aromatic carbocycles. The maximum atomic E-state index is 4.32. The van der Waals surface area contributed by atoms with Crippen molar-refractivity contribution in [2.75, 3.05) is 25.5 Å². The molecule has 2 rings (SSSR count). The van der Waals surface area contributed by atoms with E-state index >= 15 is 0 Å². The lowest BCUT2D eigenvalue weighted by atomic mass is 10.1. The quantitative estimate of drug-likeness (QED) is 0.847. The highest BCUT2D eigenvalue weighted by Crippen LogP contribution is 2.36. The smallest absolute Gasteiger partial charge is 0.208 e. The van der Waals surface area contributed by atoms with Gasteiger partial charge in [0.05, 0.1) is 0 Å². The SMILES string of the molecule is CCNC1CCCCCC1Sc1nnc(N(C)C)s1. The van der Waals surface area contributed by atoms with Gasteiger partial charge in [0.15, 0.2) is 4.34 Å². The number of nitrogens with zero attached hydrogens (tertiary/aromatic N) is 3. The Balaban J connectivity index is 2.00. The van der Waals surface area contributed by atoms with Crippen LogP contribution in [0.3, 0.4) is 0 Å².